The van der Waals surface area contributed by atoms with Gasteiger partial charge in [0.1, 0.15) is 5.69 Å². The van der Waals surface area contributed by atoms with E-state index in [0.717, 1.165) is 5.69 Å². The largest absolute Gasteiger partial charge is 0.465 e. The van der Waals surface area contributed by atoms with Gasteiger partial charge >= 0.3 is 6.09 Å². The van der Waals surface area contributed by atoms with Crippen molar-refractivity contribution < 1.29 is 19.9 Å². The Kier molecular flexibility index (Phi) is 4.83. The van der Waals surface area contributed by atoms with Crippen LogP contribution in [-0.4, -0.2) is 40.4 Å². The number of anilines is 2. The second-order valence-corrected chi connectivity index (χ2v) is 5.89. The maximum Gasteiger partial charge on any atom is 0.409 e. The van der Waals surface area contributed by atoms with Crippen LogP contribution in [0.2, 0.25) is 0 Å². The SMILES string of the molecule is O=C(O)Nc1cc(N2CCC(O)CC2)c(I)cc1[N+](=O)[O-]. The Morgan fingerprint density at radius 3 is 2.57 bits per heavy atom. The number of nitrogens with one attached hydrogen (secondary N) is 1. The number of nitro benzene ring substituents is 1. The lowest BCUT2D eigenvalue weighted by Gasteiger charge is -2.32. The van der Waals surface area contributed by atoms with Crippen molar-refractivity contribution in [2.75, 3.05) is 23.3 Å². The molecule has 3 N–H and O–H groups in total. The van der Waals surface area contributed by atoms with Crippen LogP contribution < -0.4 is 10.2 Å². The molecule has 1 amide bonds. The number of carboxylic acid groups (broad SMARTS) is 1. The van der Waals surface area contributed by atoms with E-state index in [9.17, 15) is 20.0 Å². The fourth-order valence-electron chi connectivity index (χ4n) is 2.27. The Balaban J connectivity index is 2.37. The van der Waals surface area contributed by atoms with Gasteiger partial charge in [-0.15, -0.1) is 0 Å². The molecular formula is C12H14IN3O5. The summed E-state index contributed by atoms with van der Waals surface area (Å²) in [5.41, 5.74) is 0.411. The minimum absolute atomic E-state index is 0.0472. The van der Waals surface area contributed by atoms with Gasteiger partial charge in [-0.2, -0.15) is 0 Å². The molecule has 21 heavy (non-hydrogen) atoms. The third-order valence-electron chi connectivity index (χ3n) is 3.31. The van der Waals surface area contributed by atoms with Gasteiger partial charge in [0.2, 0.25) is 0 Å². The molecule has 0 unspecified atom stereocenters. The standard InChI is InChI=1S/C12H14IN3O5/c13-8-5-11(16(20)21)9(14-12(18)19)6-10(8)15-3-1-7(17)2-4-15/h5-7,14,17H,1-4H2,(H,18,19). The Morgan fingerprint density at radius 1 is 1.43 bits per heavy atom. The van der Waals surface area contributed by atoms with Gasteiger partial charge in [0.15, 0.2) is 0 Å². The Morgan fingerprint density at radius 2 is 2.05 bits per heavy atom. The molecule has 0 bridgehead atoms. The zero-order valence-corrected chi connectivity index (χ0v) is 13.1. The van der Waals surface area contributed by atoms with Gasteiger partial charge in [0, 0.05) is 22.7 Å². The van der Waals surface area contributed by atoms with E-state index in [1.165, 1.54) is 12.1 Å². The second kappa shape index (κ2) is 6.43. The highest BCUT2D eigenvalue weighted by Crippen LogP contribution is 2.35. The van der Waals surface area contributed by atoms with Crippen LogP contribution >= 0.6 is 22.6 Å². The van der Waals surface area contributed by atoms with Gasteiger partial charge in [-0.3, -0.25) is 15.4 Å². The molecule has 1 aromatic rings. The van der Waals surface area contributed by atoms with E-state index in [2.05, 4.69) is 5.32 Å². The van der Waals surface area contributed by atoms with Gasteiger partial charge in [-0.25, -0.2) is 4.79 Å². The molecule has 1 aliphatic rings. The van der Waals surface area contributed by atoms with Gasteiger partial charge < -0.3 is 15.1 Å². The first-order valence-corrected chi connectivity index (χ1v) is 7.37. The van der Waals surface area contributed by atoms with Crippen LogP contribution in [0.4, 0.5) is 21.9 Å². The van der Waals surface area contributed by atoms with Crippen LogP contribution in [0.1, 0.15) is 12.8 Å². The van der Waals surface area contributed by atoms with Crippen molar-refractivity contribution in [3.05, 3.63) is 25.8 Å². The summed E-state index contributed by atoms with van der Waals surface area (Å²) in [4.78, 5) is 23.2. The fourth-order valence-corrected chi connectivity index (χ4v) is 3.06. The first kappa shape index (κ1) is 15.8. The summed E-state index contributed by atoms with van der Waals surface area (Å²) in [5, 5.41) is 31.4. The topological polar surface area (TPSA) is 116 Å². The van der Waals surface area contributed by atoms with Gasteiger partial charge in [0.25, 0.3) is 5.69 Å². The van der Waals surface area contributed by atoms with Crippen molar-refractivity contribution >= 4 is 45.7 Å². The summed E-state index contributed by atoms with van der Waals surface area (Å²) in [7, 11) is 0. The first-order chi connectivity index (χ1) is 9.88. The highest BCUT2D eigenvalue weighted by Gasteiger charge is 2.24. The van der Waals surface area contributed by atoms with Gasteiger partial charge in [-0.1, -0.05) is 0 Å². The van der Waals surface area contributed by atoms with Crippen molar-refractivity contribution in [1.82, 2.24) is 0 Å². The number of hydrogen-bond donors (Lipinski definition) is 3. The average Bonchev–Trinajstić information content (AvgIpc) is 2.40. The molecule has 9 heteroatoms. The molecule has 114 valence electrons. The number of aliphatic hydroxyl groups excluding tert-OH is 1. The predicted octanol–water partition coefficient (Wildman–Crippen LogP) is 2.25. The van der Waals surface area contributed by atoms with Crippen molar-refractivity contribution in [2.45, 2.75) is 18.9 Å². The quantitative estimate of drug-likeness (QED) is 0.402. The Hall–Kier alpha value is -1.62. The van der Waals surface area contributed by atoms with Crippen molar-refractivity contribution in [3.63, 3.8) is 0 Å². The van der Waals surface area contributed by atoms with E-state index in [4.69, 9.17) is 5.11 Å². The van der Waals surface area contributed by atoms with E-state index in [1.54, 1.807) is 0 Å². The highest BCUT2D eigenvalue weighted by atomic mass is 127. The van der Waals surface area contributed by atoms with E-state index in [1.807, 2.05) is 27.5 Å². The van der Waals surface area contributed by atoms with Crippen LogP contribution in [0.3, 0.4) is 0 Å². The Labute approximate surface area is 134 Å². The molecule has 0 saturated carbocycles. The van der Waals surface area contributed by atoms with Crippen LogP contribution in [0.15, 0.2) is 12.1 Å². The molecule has 0 atom stereocenters. The number of nitrogens with zero attached hydrogens (tertiary/aromatic N) is 2. The summed E-state index contributed by atoms with van der Waals surface area (Å²) in [6.45, 7) is 1.25. The Bertz CT molecular complexity index is 572. The summed E-state index contributed by atoms with van der Waals surface area (Å²) in [6.07, 6.45) is -0.434. The summed E-state index contributed by atoms with van der Waals surface area (Å²) in [6, 6.07) is 2.83. The van der Waals surface area contributed by atoms with Crippen molar-refractivity contribution in [1.29, 1.82) is 0 Å². The summed E-state index contributed by atoms with van der Waals surface area (Å²) < 4.78 is 0.673. The van der Waals surface area contributed by atoms with Crippen LogP contribution in [-0.2, 0) is 0 Å². The van der Waals surface area contributed by atoms with Crippen LogP contribution in [0.5, 0.6) is 0 Å². The smallest absolute Gasteiger partial charge is 0.409 e. The van der Waals surface area contributed by atoms with Crippen molar-refractivity contribution in [2.24, 2.45) is 0 Å². The molecule has 1 aliphatic heterocycles. The zero-order chi connectivity index (χ0) is 15.6. The normalized spacial score (nSPS) is 15.8. The molecule has 2 rings (SSSR count). The number of piperidine rings is 1. The summed E-state index contributed by atoms with van der Waals surface area (Å²) >= 11 is 1.99. The molecule has 1 heterocycles. The first-order valence-electron chi connectivity index (χ1n) is 6.29. The van der Waals surface area contributed by atoms with Gasteiger partial charge in [0.05, 0.1) is 16.7 Å². The van der Waals surface area contributed by atoms with E-state index in [-0.39, 0.29) is 17.5 Å². The number of halogens is 1. The number of hydrogen-bond acceptors (Lipinski definition) is 5. The monoisotopic (exact) mass is 407 g/mol. The molecule has 1 fully saturated rings. The molecule has 0 aromatic heterocycles. The number of benzene rings is 1. The van der Waals surface area contributed by atoms with E-state index < -0.39 is 11.0 Å². The number of rotatable bonds is 3. The molecular weight excluding hydrogens is 393 g/mol. The van der Waals surface area contributed by atoms with Crippen LogP contribution in [0, 0.1) is 13.7 Å². The van der Waals surface area contributed by atoms with E-state index in [0.29, 0.717) is 29.5 Å². The van der Waals surface area contributed by atoms with Crippen molar-refractivity contribution in [3.8, 4) is 0 Å². The molecule has 0 spiro atoms. The van der Waals surface area contributed by atoms with E-state index >= 15 is 0 Å². The molecule has 8 nitrogen and oxygen atoms in total. The highest BCUT2D eigenvalue weighted by molar-refractivity contribution is 14.1. The maximum atomic E-state index is 11.0. The third-order valence-corrected chi connectivity index (χ3v) is 4.17. The fraction of sp³-hybridized carbons (Fsp3) is 0.417. The number of amides is 1. The molecule has 1 aromatic carbocycles. The number of carbonyl (C=O) groups is 1. The second-order valence-electron chi connectivity index (χ2n) is 4.73. The molecule has 0 aliphatic carbocycles. The van der Waals surface area contributed by atoms with Crippen LogP contribution in [0.25, 0.3) is 0 Å². The molecule has 1 saturated heterocycles. The predicted molar refractivity (Wildman–Crippen MR) is 84.9 cm³/mol. The number of nitro groups is 1. The van der Waals surface area contributed by atoms with Gasteiger partial charge in [-0.05, 0) is 41.5 Å². The lowest BCUT2D eigenvalue weighted by molar-refractivity contribution is -0.384. The lowest BCUT2D eigenvalue weighted by atomic mass is 10.1. The maximum absolute atomic E-state index is 11.0. The summed E-state index contributed by atoms with van der Waals surface area (Å²) in [5.74, 6) is 0. The minimum Gasteiger partial charge on any atom is -0.465 e. The molecule has 0 radical (unpaired) electrons. The lowest BCUT2D eigenvalue weighted by Crippen LogP contribution is -2.36. The average molecular weight is 407 g/mol. The number of aliphatic hydroxyl groups is 1. The minimum atomic E-state index is -1.35. The zero-order valence-electron chi connectivity index (χ0n) is 11.0. The third kappa shape index (κ3) is 3.73.